The van der Waals surface area contributed by atoms with E-state index in [2.05, 4.69) is 27.7 Å². The molecule has 2 rings (SSSR count). The number of nitrogens with zero attached hydrogens (tertiary/aromatic N) is 1. The molecule has 4 atom stereocenters. The smallest absolute Gasteiger partial charge is 0.411 e. The van der Waals surface area contributed by atoms with E-state index in [9.17, 15) is 23.4 Å². The maximum atomic E-state index is 14.0. The number of phosphoric ester groups is 1. The second kappa shape index (κ2) is 23.4. The first-order valence-electron chi connectivity index (χ1n) is 18.2. The molecule has 49 heavy (non-hydrogen) atoms. The summed E-state index contributed by atoms with van der Waals surface area (Å²) in [7, 11) is -6.76. The van der Waals surface area contributed by atoms with Crippen LogP contribution in [-0.4, -0.2) is 61.4 Å². The van der Waals surface area contributed by atoms with Gasteiger partial charge in [0.05, 0.1) is 25.5 Å². The van der Waals surface area contributed by atoms with Gasteiger partial charge >= 0.3 is 13.5 Å². The quantitative estimate of drug-likeness (QED) is 0.0475. The lowest BCUT2D eigenvalue weighted by Gasteiger charge is -2.39. The van der Waals surface area contributed by atoms with Gasteiger partial charge in [0.1, 0.15) is 12.3 Å². The molecule has 12 nitrogen and oxygen atoms in total. The predicted molar refractivity (Wildman–Crippen MR) is 194 cm³/mol. The molecule has 1 fully saturated rings. The summed E-state index contributed by atoms with van der Waals surface area (Å²) in [6.45, 7) is 13.3. The Morgan fingerprint density at radius 2 is 1.45 bits per heavy atom. The molecule has 0 saturated carbocycles. The standard InChI is InChI=1S/C34H64FN2O9PSi.H3N/c1-7-8-9-10-11-12-13-14-15-16-17-18-19-20-22-42-23-21-24-43-47(40,41)44-27-30-29(46-48(5,6)34(2,3)4)25-31(45-30)37-26-28(35)32(38)36-33(37)39;/h26,29-31H,7-25,27H2,1-6H3,(H,40,41)(H,36,38,39);1H3. The number of nitrogens with one attached hydrogen (secondary N) is 1. The lowest BCUT2D eigenvalue weighted by Crippen LogP contribution is -2.46. The van der Waals surface area contributed by atoms with E-state index in [1.54, 1.807) is 0 Å². The van der Waals surface area contributed by atoms with Crippen LogP contribution in [0.5, 0.6) is 0 Å². The molecule has 1 saturated heterocycles. The molecule has 0 amide bonds. The topological polar surface area (TPSA) is 173 Å². The van der Waals surface area contributed by atoms with Gasteiger partial charge in [-0.3, -0.25) is 23.4 Å². The van der Waals surface area contributed by atoms with Crippen molar-refractivity contribution in [2.45, 2.75) is 167 Å². The average Bonchev–Trinajstić information content (AvgIpc) is 3.40. The number of aromatic nitrogens is 2. The fourth-order valence-electron chi connectivity index (χ4n) is 5.42. The minimum atomic E-state index is -4.42. The van der Waals surface area contributed by atoms with Gasteiger partial charge in [0.25, 0.3) is 5.56 Å². The highest BCUT2D eigenvalue weighted by atomic mass is 31.2. The van der Waals surface area contributed by atoms with Gasteiger partial charge in [-0.2, -0.15) is 4.39 Å². The Bertz CT molecular complexity index is 1210. The van der Waals surface area contributed by atoms with Crippen LogP contribution in [0.25, 0.3) is 0 Å². The first-order valence-corrected chi connectivity index (χ1v) is 22.6. The normalized spacial score (nSPS) is 19.6. The van der Waals surface area contributed by atoms with Crippen LogP contribution in [0.2, 0.25) is 18.1 Å². The number of unbranched alkanes of at least 4 members (excludes halogenated alkanes) is 13. The van der Waals surface area contributed by atoms with Crippen molar-refractivity contribution in [3.63, 3.8) is 0 Å². The summed E-state index contributed by atoms with van der Waals surface area (Å²) >= 11 is 0. The molecule has 2 heterocycles. The number of ether oxygens (including phenoxy) is 2. The summed E-state index contributed by atoms with van der Waals surface area (Å²) in [5.74, 6) is -1.13. The maximum Gasteiger partial charge on any atom is 0.472 e. The van der Waals surface area contributed by atoms with E-state index in [4.69, 9.17) is 22.9 Å². The molecule has 288 valence electrons. The lowest BCUT2D eigenvalue weighted by atomic mass is 10.0. The first-order chi connectivity index (χ1) is 22.7. The molecule has 0 aromatic carbocycles. The molecule has 1 aromatic rings. The van der Waals surface area contributed by atoms with Gasteiger partial charge in [-0.15, -0.1) is 0 Å². The Kier molecular flexibility index (Phi) is 21.8. The second-order valence-electron chi connectivity index (χ2n) is 14.6. The van der Waals surface area contributed by atoms with Crippen molar-refractivity contribution in [1.29, 1.82) is 0 Å². The highest BCUT2D eigenvalue weighted by Gasteiger charge is 2.46. The third-order valence-corrected chi connectivity index (χ3v) is 14.9. The predicted octanol–water partition coefficient (Wildman–Crippen LogP) is 8.54. The Morgan fingerprint density at radius 3 is 2.00 bits per heavy atom. The van der Waals surface area contributed by atoms with Gasteiger partial charge in [-0.25, -0.2) is 9.36 Å². The van der Waals surface area contributed by atoms with Gasteiger partial charge in [0.2, 0.25) is 5.82 Å². The Hall–Kier alpha value is -1.22. The highest BCUT2D eigenvalue weighted by molar-refractivity contribution is 7.47. The van der Waals surface area contributed by atoms with Crippen molar-refractivity contribution in [2.75, 3.05) is 26.4 Å². The van der Waals surface area contributed by atoms with Crippen LogP contribution in [0.1, 0.15) is 137 Å². The van der Waals surface area contributed by atoms with Gasteiger partial charge < -0.3 is 24.9 Å². The van der Waals surface area contributed by atoms with Crippen molar-refractivity contribution in [3.05, 3.63) is 32.9 Å². The maximum absolute atomic E-state index is 14.0. The number of halogens is 1. The Balaban J connectivity index is 0.0000120. The molecule has 1 aliphatic heterocycles. The lowest BCUT2D eigenvalue weighted by molar-refractivity contribution is -0.0449. The van der Waals surface area contributed by atoms with Crippen LogP contribution >= 0.6 is 7.82 Å². The number of aromatic amines is 1. The summed E-state index contributed by atoms with van der Waals surface area (Å²) < 4.78 is 56.1. The van der Waals surface area contributed by atoms with E-state index in [-0.39, 0.29) is 30.8 Å². The molecule has 5 N–H and O–H groups in total. The van der Waals surface area contributed by atoms with E-state index in [0.29, 0.717) is 19.6 Å². The third-order valence-electron chi connectivity index (χ3n) is 9.40. The summed E-state index contributed by atoms with van der Waals surface area (Å²) in [4.78, 5) is 36.1. The van der Waals surface area contributed by atoms with E-state index >= 15 is 0 Å². The van der Waals surface area contributed by atoms with Crippen LogP contribution in [0.4, 0.5) is 4.39 Å². The minimum absolute atomic E-state index is 0. The SMILES string of the molecule is CCCCCCCCCCCCCCCCOCCCOP(=O)(O)OCC1OC(n2cc(F)c(=O)[nH]c2=O)CC1O[Si](C)(C)C(C)(C)C.N. The summed E-state index contributed by atoms with van der Waals surface area (Å²) in [6.07, 6.45) is 17.2. The minimum Gasteiger partial charge on any atom is -0.411 e. The van der Waals surface area contributed by atoms with Crippen LogP contribution in [-0.2, 0) is 27.5 Å². The first kappa shape index (κ1) is 45.8. The molecule has 0 aliphatic carbocycles. The molecule has 4 unspecified atom stereocenters. The highest BCUT2D eigenvalue weighted by Crippen LogP contribution is 2.46. The summed E-state index contributed by atoms with van der Waals surface area (Å²) in [6, 6.07) is 0. The average molecular weight is 740 g/mol. The van der Waals surface area contributed by atoms with Crippen molar-refractivity contribution in [1.82, 2.24) is 15.7 Å². The molecule has 1 aromatic heterocycles. The summed E-state index contributed by atoms with van der Waals surface area (Å²) in [5, 5.41) is -0.151. The van der Waals surface area contributed by atoms with E-state index in [1.165, 1.54) is 77.0 Å². The van der Waals surface area contributed by atoms with Gasteiger partial charge in [0.15, 0.2) is 8.32 Å². The number of rotatable bonds is 26. The molecule has 0 radical (unpaired) electrons. The number of hydrogen-bond donors (Lipinski definition) is 3. The van der Waals surface area contributed by atoms with Gasteiger partial charge in [-0.1, -0.05) is 111 Å². The van der Waals surface area contributed by atoms with E-state index < -0.39 is 51.6 Å². The molecule has 0 bridgehead atoms. The second-order valence-corrected chi connectivity index (χ2v) is 20.8. The zero-order valence-corrected chi connectivity index (χ0v) is 33.0. The molecule has 15 heteroatoms. The third kappa shape index (κ3) is 17.7. The molecule has 1 aliphatic rings. The number of phosphoric acid groups is 1. The fraction of sp³-hybridized carbons (Fsp3) is 0.882. The fourth-order valence-corrected chi connectivity index (χ4v) is 7.55. The zero-order chi connectivity index (χ0) is 35.6. The molecule has 0 spiro atoms. The van der Waals surface area contributed by atoms with Crippen molar-refractivity contribution in [2.24, 2.45) is 0 Å². The van der Waals surface area contributed by atoms with E-state index in [1.807, 2.05) is 18.1 Å². The van der Waals surface area contributed by atoms with E-state index in [0.717, 1.165) is 23.6 Å². The van der Waals surface area contributed by atoms with Crippen molar-refractivity contribution < 1.29 is 36.8 Å². The van der Waals surface area contributed by atoms with Gasteiger partial charge in [0, 0.05) is 19.6 Å². The van der Waals surface area contributed by atoms with Gasteiger partial charge in [-0.05, 0) is 31.0 Å². The largest absolute Gasteiger partial charge is 0.472 e. The Labute approximate surface area is 294 Å². The van der Waals surface area contributed by atoms with Crippen molar-refractivity contribution in [3.8, 4) is 0 Å². The van der Waals surface area contributed by atoms with Crippen LogP contribution in [0, 0.1) is 5.82 Å². The number of H-pyrrole nitrogens is 1. The monoisotopic (exact) mass is 739 g/mol. The number of hydrogen-bond acceptors (Lipinski definition) is 9. The van der Waals surface area contributed by atoms with Crippen LogP contribution in [0.3, 0.4) is 0 Å². The molecular formula is C34H67FN3O9PSi. The van der Waals surface area contributed by atoms with Crippen LogP contribution < -0.4 is 17.4 Å². The summed E-state index contributed by atoms with van der Waals surface area (Å²) in [5.41, 5.74) is -1.96. The zero-order valence-electron chi connectivity index (χ0n) is 31.1. The molecular weight excluding hydrogens is 672 g/mol. The van der Waals surface area contributed by atoms with Crippen molar-refractivity contribution >= 4 is 16.1 Å². The Morgan fingerprint density at radius 1 is 0.918 bits per heavy atom. The van der Waals surface area contributed by atoms with Crippen LogP contribution in [0.15, 0.2) is 15.8 Å².